The van der Waals surface area contributed by atoms with Crippen molar-refractivity contribution in [1.82, 2.24) is 14.5 Å². The Morgan fingerprint density at radius 3 is 2.29 bits per heavy atom. The van der Waals surface area contributed by atoms with E-state index in [1.54, 1.807) is 9.13 Å². The molecule has 1 N–H and O–H groups in total. The molecule has 0 aliphatic carbocycles. The maximum Gasteiger partial charge on any atom is 0.329 e. The van der Waals surface area contributed by atoms with Gasteiger partial charge in [0, 0.05) is 6.54 Å². The molecule has 0 aliphatic heterocycles. The lowest BCUT2D eigenvalue weighted by Gasteiger charge is -2.15. The van der Waals surface area contributed by atoms with Gasteiger partial charge in [-0.2, -0.15) is 0 Å². The molecular formula is C23H23N3O2. The topological polar surface area (TPSA) is 56.0 Å². The number of benzene rings is 3. The highest BCUT2D eigenvalue weighted by atomic mass is 16.2. The summed E-state index contributed by atoms with van der Waals surface area (Å²) in [6.45, 7) is 4.46. The molecule has 4 rings (SSSR count). The number of carbonyl (C=O) groups excluding carboxylic acids is 1. The van der Waals surface area contributed by atoms with Crippen LogP contribution >= 0.6 is 0 Å². The monoisotopic (exact) mass is 373 g/mol. The van der Waals surface area contributed by atoms with Gasteiger partial charge >= 0.3 is 5.69 Å². The molecule has 1 unspecified atom stereocenters. The van der Waals surface area contributed by atoms with Crippen molar-refractivity contribution in [2.75, 3.05) is 0 Å². The lowest BCUT2D eigenvalue weighted by Crippen LogP contribution is -2.34. The average molecular weight is 373 g/mol. The number of nitrogens with zero attached hydrogens (tertiary/aromatic N) is 2. The van der Waals surface area contributed by atoms with Crippen LogP contribution in [0, 0.1) is 0 Å². The molecule has 1 amide bonds. The van der Waals surface area contributed by atoms with Crippen LogP contribution < -0.4 is 11.0 Å². The molecule has 5 nitrogen and oxygen atoms in total. The van der Waals surface area contributed by atoms with Crippen LogP contribution in [0.1, 0.15) is 25.5 Å². The van der Waals surface area contributed by atoms with E-state index < -0.39 is 0 Å². The van der Waals surface area contributed by atoms with E-state index in [-0.39, 0.29) is 24.2 Å². The predicted octanol–water partition coefficient (Wildman–Crippen LogP) is 3.85. The largest absolute Gasteiger partial charge is 0.348 e. The fourth-order valence-electron chi connectivity index (χ4n) is 3.72. The number of fused-ring (bicyclic) bond motifs is 2. The molecule has 28 heavy (non-hydrogen) atoms. The van der Waals surface area contributed by atoms with Crippen LogP contribution in [-0.4, -0.2) is 15.0 Å². The summed E-state index contributed by atoms with van der Waals surface area (Å²) in [7, 11) is 0. The first-order valence-electron chi connectivity index (χ1n) is 9.54. The standard InChI is InChI=1S/C23H23N3O2/c1-3-25-20-10-6-7-11-21(20)26(23(25)28)15-22(27)24-16(2)18-13-12-17-8-4-5-9-19(17)14-18/h4-14,16H,3,15H2,1-2H3,(H,24,27). The zero-order valence-corrected chi connectivity index (χ0v) is 16.1. The molecule has 1 atom stereocenters. The fraction of sp³-hybridized carbons (Fsp3) is 0.217. The Hall–Kier alpha value is -3.34. The zero-order chi connectivity index (χ0) is 19.7. The summed E-state index contributed by atoms with van der Waals surface area (Å²) < 4.78 is 3.23. The summed E-state index contributed by atoms with van der Waals surface area (Å²) in [5.41, 5.74) is 2.51. The van der Waals surface area contributed by atoms with E-state index in [4.69, 9.17) is 0 Å². The van der Waals surface area contributed by atoms with Gasteiger partial charge < -0.3 is 5.32 Å². The number of carbonyl (C=O) groups is 1. The molecule has 5 heteroatoms. The highest BCUT2D eigenvalue weighted by molar-refractivity contribution is 5.84. The third-order valence-corrected chi connectivity index (χ3v) is 5.19. The minimum atomic E-state index is -0.179. The SMILES string of the molecule is CCn1c(=O)n(CC(=O)NC(C)c2ccc3ccccc3c2)c2ccccc21. The van der Waals surface area contributed by atoms with Gasteiger partial charge in [0.05, 0.1) is 17.1 Å². The zero-order valence-electron chi connectivity index (χ0n) is 16.1. The number of aryl methyl sites for hydroxylation is 1. The van der Waals surface area contributed by atoms with Gasteiger partial charge in [0.1, 0.15) is 6.54 Å². The van der Waals surface area contributed by atoms with Gasteiger partial charge in [0.2, 0.25) is 5.91 Å². The molecule has 1 heterocycles. The van der Waals surface area contributed by atoms with E-state index in [1.807, 2.05) is 56.3 Å². The van der Waals surface area contributed by atoms with E-state index >= 15 is 0 Å². The van der Waals surface area contributed by atoms with Crippen LogP contribution in [0.5, 0.6) is 0 Å². The van der Waals surface area contributed by atoms with Gasteiger partial charge in [-0.25, -0.2) is 4.79 Å². The Kier molecular flexibility index (Phi) is 4.74. The molecule has 142 valence electrons. The van der Waals surface area contributed by atoms with Crippen molar-refractivity contribution in [2.45, 2.75) is 33.0 Å². The summed E-state index contributed by atoms with van der Waals surface area (Å²) in [5.74, 6) is -0.179. The molecule has 0 saturated carbocycles. The number of hydrogen-bond donors (Lipinski definition) is 1. The first-order valence-corrected chi connectivity index (χ1v) is 9.54. The highest BCUT2D eigenvalue weighted by Gasteiger charge is 2.16. The lowest BCUT2D eigenvalue weighted by atomic mass is 10.0. The van der Waals surface area contributed by atoms with Gasteiger partial charge in [-0.1, -0.05) is 48.5 Å². The maximum absolute atomic E-state index is 12.7. The van der Waals surface area contributed by atoms with E-state index in [2.05, 4.69) is 29.6 Å². The van der Waals surface area contributed by atoms with Gasteiger partial charge in [-0.05, 0) is 48.4 Å². The molecule has 4 aromatic rings. The Bertz CT molecular complexity index is 1220. The number of nitrogens with one attached hydrogen (secondary N) is 1. The fourth-order valence-corrected chi connectivity index (χ4v) is 3.72. The van der Waals surface area contributed by atoms with E-state index in [0.29, 0.717) is 6.54 Å². The van der Waals surface area contributed by atoms with Gasteiger partial charge in [-0.15, -0.1) is 0 Å². The molecule has 0 spiro atoms. The number of amides is 1. The van der Waals surface area contributed by atoms with Crippen molar-refractivity contribution in [3.8, 4) is 0 Å². The first kappa shape index (κ1) is 18.0. The Morgan fingerprint density at radius 2 is 1.57 bits per heavy atom. The molecule has 0 radical (unpaired) electrons. The Labute approximate surface area is 163 Å². The van der Waals surface area contributed by atoms with E-state index in [0.717, 1.165) is 22.0 Å². The average Bonchev–Trinajstić information content (AvgIpc) is 2.98. The minimum absolute atomic E-state index is 0.00423. The van der Waals surface area contributed by atoms with Crippen molar-refractivity contribution in [2.24, 2.45) is 0 Å². The van der Waals surface area contributed by atoms with Gasteiger partial charge in [0.25, 0.3) is 0 Å². The molecular weight excluding hydrogens is 350 g/mol. The second-order valence-corrected chi connectivity index (χ2v) is 7.00. The number of aromatic nitrogens is 2. The summed E-state index contributed by atoms with van der Waals surface area (Å²) in [5, 5.41) is 5.33. The molecule has 0 saturated heterocycles. The number of imidazole rings is 1. The van der Waals surface area contributed by atoms with Crippen LogP contribution in [0.15, 0.2) is 71.5 Å². The normalized spacial score (nSPS) is 12.4. The third-order valence-electron chi connectivity index (χ3n) is 5.19. The van der Waals surface area contributed by atoms with Crippen LogP contribution in [0.3, 0.4) is 0 Å². The smallest absolute Gasteiger partial charge is 0.329 e. The van der Waals surface area contributed by atoms with Gasteiger partial charge in [0.15, 0.2) is 0 Å². The van der Waals surface area contributed by atoms with Crippen molar-refractivity contribution in [3.05, 3.63) is 82.8 Å². The van der Waals surface area contributed by atoms with Crippen molar-refractivity contribution >= 4 is 27.7 Å². The third kappa shape index (κ3) is 3.20. The quantitative estimate of drug-likeness (QED) is 0.578. The molecule has 3 aromatic carbocycles. The van der Waals surface area contributed by atoms with Crippen LogP contribution in [0.25, 0.3) is 21.8 Å². The second-order valence-electron chi connectivity index (χ2n) is 7.00. The van der Waals surface area contributed by atoms with E-state index in [9.17, 15) is 9.59 Å². The van der Waals surface area contributed by atoms with Crippen LogP contribution in [0.2, 0.25) is 0 Å². The lowest BCUT2D eigenvalue weighted by molar-refractivity contribution is -0.122. The highest BCUT2D eigenvalue weighted by Crippen LogP contribution is 2.20. The minimum Gasteiger partial charge on any atom is -0.348 e. The first-order chi connectivity index (χ1) is 13.6. The van der Waals surface area contributed by atoms with E-state index in [1.165, 1.54) is 5.39 Å². The number of hydrogen-bond acceptors (Lipinski definition) is 2. The number of para-hydroxylation sites is 2. The summed E-state index contributed by atoms with van der Waals surface area (Å²) >= 11 is 0. The predicted molar refractivity (Wildman–Crippen MR) is 112 cm³/mol. The van der Waals surface area contributed by atoms with Crippen molar-refractivity contribution in [1.29, 1.82) is 0 Å². The Balaban J connectivity index is 1.56. The summed E-state index contributed by atoms with van der Waals surface area (Å²) in [6.07, 6.45) is 0. The summed E-state index contributed by atoms with van der Waals surface area (Å²) in [6, 6.07) is 21.8. The molecule has 0 aliphatic rings. The second kappa shape index (κ2) is 7.35. The Morgan fingerprint density at radius 1 is 0.929 bits per heavy atom. The van der Waals surface area contributed by atoms with Crippen LogP contribution in [0.4, 0.5) is 0 Å². The maximum atomic E-state index is 12.7. The van der Waals surface area contributed by atoms with Gasteiger partial charge in [-0.3, -0.25) is 13.9 Å². The van der Waals surface area contributed by atoms with Crippen LogP contribution in [-0.2, 0) is 17.9 Å². The summed E-state index contributed by atoms with van der Waals surface area (Å²) in [4.78, 5) is 25.4. The molecule has 1 aromatic heterocycles. The number of rotatable bonds is 5. The molecule has 0 bridgehead atoms. The van der Waals surface area contributed by atoms with Crippen molar-refractivity contribution in [3.63, 3.8) is 0 Å². The van der Waals surface area contributed by atoms with Crippen molar-refractivity contribution < 1.29 is 4.79 Å². The molecule has 0 fully saturated rings.